The highest BCUT2D eigenvalue weighted by molar-refractivity contribution is 7.80. The summed E-state index contributed by atoms with van der Waals surface area (Å²) in [5.74, 6) is 0.0516. The van der Waals surface area contributed by atoms with E-state index in [4.69, 9.17) is 21.1 Å². The molecule has 1 amide bonds. The molecule has 3 N–H and O–H groups in total. The molecule has 2 aromatic heterocycles. The Bertz CT molecular complexity index is 1530. The average molecular weight is 472 g/mol. The van der Waals surface area contributed by atoms with Gasteiger partial charge in [-0.1, -0.05) is 31.2 Å². The van der Waals surface area contributed by atoms with Gasteiger partial charge in [0.15, 0.2) is 16.5 Å². The molecule has 0 unspecified atom stereocenters. The number of amides is 1. The lowest BCUT2D eigenvalue weighted by Gasteiger charge is -2.12. The number of aromatic hydroxyl groups is 1. The van der Waals surface area contributed by atoms with E-state index in [1.54, 1.807) is 31.2 Å². The summed E-state index contributed by atoms with van der Waals surface area (Å²) in [6.45, 7) is 3.83. The van der Waals surface area contributed by atoms with Crippen molar-refractivity contribution in [3.63, 3.8) is 0 Å². The number of aromatic nitrogens is 1. The summed E-state index contributed by atoms with van der Waals surface area (Å²) in [5, 5.41) is 17.2. The lowest BCUT2D eigenvalue weighted by atomic mass is 10.1. The first-order chi connectivity index (χ1) is 16.4. The molecule has 0 radical (unpaired) electrons. The van der Waals surface area contributed by atoms with E-state index < -0.39 is 5.91 Å². The molecule has 5 rings (SSSR count). The number of oxazole rings is 1. The maximum Gasteiger partial charge on any atom is 0.293 e. The monoisotopic (exact) mass is 471 g/mol. The number of carbonyl (C=O) groups is 1. The summed E-state index contributed by atoms with van der Waals surface area (Å²) in [7, 11) is 0. The highest BCUT2D eigenvalue weighted by atomic mass is 32.1. The van der Waals surface area contributed by atoms with Gasteiger partial charge in [-0.05, 0) is 73.1 Å². The summed E-state index contributed by atoms with van der Waals surface area (Å²) in [5.41, 5.74) is 4.71. The van der Waals surface area contributed by atoms with Gasteiger partial charge in [-0.3, -0.25) is 10.1 Å². The number of hydrogen-bond acceptors (Lipinski definition) is 6. The van der Waals surface area contributed by atoms with Gasteiger partial charge in [-0.2, -0.15) is 0 Å². The topological polar surface area (TPSA) is 101 Å². The van der Waals surface area contributed by atoms with Crippen molar-refractivity contribution in [3.05, 3.63) is 77.6 Å². The normalized spacial score (nSPS) is 11.1. The predicted molar refractivity (Wildman–Crippen MR) is 135 cm³/mol. The molecule has 7 nitrogen and oxygen atoms in total. The molecule has 0 atom stereocenters. The van der Waals surface area contributed by atoms with Crippen LogP contribution >= 0.6 is 12.2 Å². The second-order valence-corrected chi connectivity index (χ2v) is 8.33. The third-order valence-electron chi connectivity index (χ3n) is 5.53. The molecule has 2 heterocycles. The lowest BCUT2D eigenvalue weighted by molar-refractivity contribution is 0.0953. The Labute approximate surface area is 200 Å². The minimum Gasteiger partial charge on any atom is -0.507 e. The second-order valence-electron chi connectivity index (χ2n) is 7.92. The Kier molecular flexibility index (Phi) is 5.51. The van der Waals surface area contributed by atoms with Crippen molar-refractivity contribution in [3.8, 4) is 17.2 Å². The number of hydrogen-bond donors (Lipinski definition) is 3. The van der Waals surface area contributed by atoms with Gasteiger partial charge in [0.1, 0.15) is 16.8 Å². The van der Waals surface area contributed by atoms with Gasteiger partial charge >= 0.3 is 0 Å². The molecule has 0 fully saturated rings. The Balaban J connectivity index is 1.38. The van der Waals surface area contributed by atoms with Crippen LogP contribution in [0.5, 0.6) is 5.75 Å². The largest absolute Gasteiger partial charge is 0.507 e. The number of phenolic OH excluding ortho intramolecular Hbond substituents is 1. The van der Waals surface area contributed by atoms with Crippen molar-refractivity contribution in [1.29, 1.82) is 0 Å². The van der Waals surface area contributed by atoms with Crippen LogP contribution in [0, 0.1) is 6.92 Å². The number of phenols is 1. The molecular formula is C26H21N3O4S. The second kappa shape index (κ2) is 8.64. The minimum atomic E-state index is -0.463. The summed E-state index contributed by atoms with van der Waals surface area (Å²) < 4.78 is 11.5. The highest BCUT2D eigenvalue weighted by Crippen LogP contribution is 2.36. The summed E-state index contributed by atoms with van der Waals surface area (Å²) in [6.07, 6.45) is 0.888. The molecule has 5 aromatic rings. The Morgan fingerprint density at radius 1 is 1.06 bits per heavy atom. The fraction of sp³-hybridized carbons (Fsp3) is 0.115. The van der Waals surface area contributed by atoms with E-state index in [1.165, 1.54) is 0 Å². The fourth-order valence-corrected chi connectivity index (χ4v) is 3.95. The fourth-order valence-electron chi connectivity index (χ4n) is 3.74. The van der Waals surface area contributed by atoms with Crippen LogP contribution in [0.4, 0.5) is 5.69 Å². The molecule has 0 spiro atoms. The van der Waals surface area contributed by atoms with Gasteiger partial charge in [0.2, 0.25) is 5.89 Å². The summed E-state index contributed by atoms with van der Waals surface area (Å²) in [4.78, 5) is 17.1. The number of nitrogens with zero attached hydrogens (tertiary/aromatic N) is 1. The molecule has 0 aliphatic rings. The molecule has 8 heteroatoms. The Morgan fingerprint density at radius 2 is 1.88 bits per heavy atom. The number of anilines is 1. The van der Waals surface area contributed by atoms with Gasteiger partial charge < -0.3 is 19.3 Å². The SMILES string of the molecule is CCc1ccc2oc(-c3cc(NC(=S)NC(=O)c4cc5ccccc5o4)cc(C)c3O)nc2c1. The number of para-hydroxylation sites is 1. The number of benzene rings is 3. The molecule has 0 saturated carbocycles. The van der Waals surface area contributed by atoms with Crippen LogP contribution in [0.25, 0.3) is 33.5 Å². The minimum absolute atomic E-state index is 0.0602. The first-order valence-corrected chi connectivity index (χ1v) is 11.2. The molecule has 0 aliphatic carbocycles. The Morgan fingerprint density at radius 3 is 2.68 bits per heavy atom. The number of furan rings is 1. The van der Waals surface area contributed by atoms with Crippen molar-refractivity contribution in [2.45, 2.75) is 20.3 Å². The Hall–Kier alpha value is -4.17. The van der Waals surface area contributed by atoms with Crippen LogP contribution in [0.2, 0.25) is 0 Å². The van der Waals surface area contributed by atoms with E-state index in [0.29, 0.717) is 33.9 Å². The molecule has 0 aliphatic heterocycles. The molecule has 0 saturated heterocycles. The molecule has 3 aromatic carbocycles. The van der Waals surface area contributed by atoms with Gasteiger partial charge in [0.25, 0.3) is 5.91 Å². The van der Waals surface area contributed by atoms with Crippen molar-refractivity contribution in [1.82, 2.24) is 10.3 Å². The smallest absolute Gasteiger partial charge is 0.293 e. The zero-order valence-corrected chi connectivity index (χ0v) is 19.3. The summed E-state index contributed by atoms with van der Waals surface area (Å²) >= 11 is 5.32. The van der Waals surface area contributed by atoms with Gasteiger partial charge in [-0.25, -0.2) is 4.98 Å². The van der Waals surface area contributed by atoms with Crippen LogP contribution in [0.15, 0.2) is 69.5 Å². The first kappa shape index (κ1) is 21.7. The number of rotatable bonds is 4. The average Bonchev–Trinajstić information content (AvgIpc) is 3.44. The lowest BCUT2D eigenvalue weighted by Crippen LogP contribution is -2.33. The zero-order valence-electron chi connectivity index (χ0n) is 18.5. The highest BCUT2D eigenvalue weighted by Gasteiger charge is 2.18. The van der Waals surface area contributed by atoms with Crippen LogP contribution in [0.1, 0.15) is 28.6 Å². The molecule has 0 bridgehead atoms. The number of nitrogens with one attached hydrogen (secondary N) is 2. The maximum absolute atomic E-state index is 12.6. The quantitative estimate of drug-likeness (QED) is 0.220. The summed E-state index contributed by atoms with van der Waals surface area (Å²) in [6, 6.07) is 18.2. The zero-order chi connectivity index (χ0) is 23.8. The molecular weight excluding hydrogens is 450 g/mol. The first-order valence-electron chi connectivity index (χ1n) is 10.8. The molecule has 170 valence electrons. The maximum atomic E-state index is 12.6. The van der Waals surface area contributed by atoms with E-state index in [-0.39, 0.29) is 16.6 Å². The van der Waals surface area contributed by atoms with Crippen molar-refractivity contribution in [2.24, 2.45) is 0 Å². The number of aryl methyl sites for hydroxylation is 2. The number of thiocarbonyl (C=S) groups is 1. The van der Waals surface area contributed by atoms with E-state index in [9.17, 15) is 9.90 Å². The predicted octanol–water partition coefficient (Wildman–Crippen LogP) is 5.94. The van der Waals surface area contributed by atoms with Crippen molar-refractivity contribution >= 4 is 51.0 Å². The number of carbonyl (C=O) groups excluding carboxylic acids is 1. The van der Waals surface area contributed by atoms with E-state index in [0.717, 1.165) is 22.9 Å². The van der Waals surface area contributed by atoms with Crippen LogP contribution in [-0.2, 0) is 6.42 Å². The third kappa shape index (κ3) is 4.11. The van der Waals surface area contributed by atoms with Crippen LogP contribution in [0.3, 0.4) is 0 Å². The van der Waals surface area contributed by atoms with E-state index in [2.05, 4.69) is 22.5 Å². The van der Waals surface area contributed by atoms with Crippen molar-refractivity contribution in [2.75, 3.05) is 5.32 Å². The van der Waals surface area contributed by atoms with E-state index >= 15 is 0 Å². The third-order valence-corrected chi connectivity index (χ3v) is 5.73. The van der Waals surface area contributed by atoms with Crippen molar-refractivity contribution < 1.29 is 18.7 Å². The van der Waals surface area contributed by atoms with Crippen LogP contribution in [-0.4, -0.2) is 21.1 Å². The van der Waals surface area contributed by atoms with Gasteiger partial charge in [-0.15, -0.1) is 0 Å². The van der Waals surface area contributed by atoms with Gasteiger partial charge in [0.05, 0.1) is 5.56 Å². The van der Waals surface area contributed by atoms with Crippen LogP contribution < -0.4 is 10.6 Å². The number of fused-ring (bicyclic) bond motifs is 2. The molecule has 34 heavy (non-hydrogen) atoms. The van der Waals surface area contributed by atoms with E-state index in [1.807, 2.05) is 36.4 Å². The van der Waals surface area contributed by atoms with Gasteiger partial charge in [0, 0.05) is 11.1 Å². The standard InChI is InChI=1S/C26H21N3O4S/c1-3-15-8-9-21-19(11-15)28-25(33-21)18-13-17(10-14(2)23(18)30)27-26(34)29-24(31)22-12-16-6-4-5-7-20(16)32-22/h4-13,30H,3H2,1-2H3,(H2,27,29,31,34).